The zero-order valence-corrected chi connectivity index (χ0v) is 15.8. The zero-order chi connectivity index (χ0) is 18.6. The molecular formula is C15H20N4O5S2. The zero-order valence-electron chi connectivity index (χ0n) is 14.1. The third kappa shape index (κ3) is 4.68. The lowest BCUT2D eigenvalue weighted by molar-refractivity contribution is 0.0544. The lowest BCUT2D eigenvalue weighted by atomic mass is 10.1. The van der Waals surface area contributed by atoms with Gasteiger partial charge in [-0.1, -0.05) is 0 Å². The summed E-state index contributed by atoms with van der Waals surface area (Å²) in [4.78, 5) is 0. The van der Waals surface area contributed by atoms with Crippen molar-refractivity contribution >= 4 is 31.9 Å². The highest BCUT2D eigenvalue weighted by atomic mass is 32.3. The molecular weight excluding hydrogens is 380 g/mol. The molecule has 2 aliphatic heterocycles. The Labute approximate surface area is 156 Å². The molecule has 9 nitrogen and oxygen atoms in total. The minimum absolute atomic E-state index is 0.0956. The number of benzene rings is 1. The van der Waals surface area contributed by atoms with E-state index in [2.05, 4.69) is 10.4 Å². The number of nitrogens with one attached hydrogen (secondary N) is 1. The van der Waals surface area contributed by atoms with Crippen LogP contribution in [0.1, 0.15) is 5.56 Å². The summed E-state index contributed by atoms with van der Waals surface area (Å²) in [7, 11) is -2.15. The molecule has 0 amide bonds. The van der Waals surface area contributed by atoms with Crippen LogP contribution in [0.4, 0.5) is 0 Å². The number of sulfonamides is 1. The first-order valence-corrected chi connectivity index (χ1v) is 10.2. The van der Waals surface area contributed by atoms with Crippen molar-refractivity contribution < 1.29 is 22.6 Å². The Balaban J connectivity index is 1.53. The lowest BCUT2D eigenvalue weighted by Gasteiger charge is -2.12. The van der Waals surface area contributed by atoms with Gasteiger partial charge >= 0.3 is 0 Å². The van der Waals surface area contributed by atoms with Crippen LogP contribution in [0.5, 0.6) is 5.75 Å². The summed E-state index contributed by atoms with van der Waals surface area (Å²) in [5.41, 5.74) is 1.48. The monoisotopic (exact) mass is 400 g/mol. The SMILES string of the molecule is COCCOCCOc1ccc(C2=CN3N=C(S(N)(=O)=O)SC3N2)cc1. The standard InChI is InChI=1S/C15H20N4O5S2/c1-22-6-7-23-8-9-24-12-4-2-11(3-5-12)13-10-19-14(17-13)25-15(18-19)26(16,20)21/h2-5,10,14,17H,6-9H2,1H3,(H2,16,20,21). The van der Waals surface area contributed by atoms with Crippen molar-refractivity contribution in [2.45, 2.75) is 5.50 Å². The fourth-order valence-electron chi connectivity index (χ4n) is 2.29. The van der Waals surface area contributed by atoms with Crippen LogP contribution in [0.15, 0.2) is 35.6 Å². The second-order valence-electron chi connectivity index (χ2n) is 5.43. The highest BCUT2D eigenvalue weighted by Gasteiger charge is 2.36. The first kappa shape index (κ1) is 19.0. The van der Waals surface area contributed by atoms with Gasteiger partial charge in [0.25, 0.3) is 10.0 Å². The highest BCUT2D eigenvalue weighted by molar-refractivity contribution is 8.35. The van der Waals surface area contributed by atoms with Crippen LogP contribution in [0.25, 0.3) is 5.70 Å². The number of nitrogens with zero attached hydrogens (tertiary/aromatic N) is 2. The van der Waals surface area contributed by atoms with Crippen LogP contribution in [-0.4, -0.2) is 56.8 Å². The summed E-state index contributed by atoms with van der Waals surface area (Å²) in [5.74, 6) is 0.743. The van der Waals surface area contributed by atoms with Gasteiger partial charge in [-0.2, -0.15) is 0 Å². The Morgan fingerprint density at radius 2 is 1.96 bits per heavy atom. The molecule has 0 bridgehead atoms. The van der Waals surface area contributed by atoms with Crippen LogP contribution in [0, 0.1) is 0 Å². The van der Waals surface area contributed by atoms with Crippen molar-refractivity contribution in [2.75, 3.05) is 33.5 Å². The van der Waals surface area contributed by atoms with E-state index >= 15 is 0 Å². The minimum Gasteiger partial charge on any atom is -0.491 e. The van der Waals surface area contributed by atoms with Gasteiger partial charge in [0.15, 0.2) is 5.50 Å². The van der Waals surface area contributed by atoms with Gasteiger partial charge in [-0.25, -0.2) is 18.6 Å². The van der Waals surface area contributed by atoms with Crippen molar-refractivity contribution in [1.29, 1.82) is 0 Å². The van der Waals surface area contributed by atoms with E-state index < -0.39 is 10.0 Å². The van der Waals surface area contributed by atoms with Crippen LogP contribution in [-0.2, 0) is 19.5 Å². The van der Waals surface area contributed by atoms with Gasteiger partial charge in [-0.05, 0) is 41.6 Å². The number of fused-ring (bicyclic) bond motifs is 1. The number of rotatable bonds is 8. The lowest BCUT2D eigenvalue weighted by Crippen LogP contribution is -2.26. The van der Waals surface area contributed by atoms with Crippen LogP contribution in [0.3, 0.4) is 0 Å². The minimum atomic E-state index is -3.78. The van der Waals surface area contributed by atoms with Crippen molar-refractivity contribution in [2.24, 2.45) is 10.2 Å². The summed E-state index contributed by atoms with van der Waals surface area (Å²) in [6.07, 6.45) is 1.75. The van der Waals surface area contributed by atoms with Crippen molar-refractivity contribution in [3.63, 3.8) is 0 Å². The Kier molecular flexibility index (Phi) is 6.04. The number of ether oxygens (including phenoxy) is 3. The molecule has 2 heterocycles. The highest BCUT2D eigenvalue weighted by Crippen LogP contribution is 2.34. The average molecular weight is 400 g/mol. The molecule has 1 aromatic carbocycles. The number of thioether (sulfide) groups is 1. The second kappa shape index (κ2) is 8.27. The fourth-order valence-corrected chi connectivity index (χ4v) is 4.04. The van der Waals surface area contributed by atoms with Crippen molar-refractivity contribution in [3.05, 3.63) is 36.0 Å². The van der Waals surface area contributed by atoms with E-state index in [1.807, 2.05) is 24.3 Å². The van der Waals surface area contributed by atoms with Crippen LogP contribution in [0.2, 0.25) is 0 Å². The number of nitrogens with two attached hydrogens (primary N) is 1. The van der Waals surface area contributed by atoms with Gasteiger partial charge in [0.05, 0.1) is 31.7 Å². The molecule has 142 valence electrons. The summed E-state index contributed by atoms with van der Waals surface area (Å²) in [6, 6.07) is 7.55. The molecule has 0 aliphatic carbocycles. The van der Waals surface area contributed by atoms with Gasteiger partial charge in [0, 0.05) is 7.11 Å². The van der Waals surface area contributed by atoms with Gasteiger partial charge in [-0.3, -0.25) is 0 Å². The number of primary sulfonamides is 1. The molecule has 0 aromatic heterocycles. The third-order valence-corrected chi connectivity index (χ3v) is 5.92. The summed E-state index contributed by atoms with van der Waals surface area (Å²) < 4.78 is 38.4. The molecule has 0 spiro atoms. The smallest absolute Gasteiger partial charge is 0.263 e. The molecule has 3 rings (SSSR count). The molecule has 0 saturated carbocycles. The molecule has 1 atom stereocenters. The second-order valence-corrected chi connectivity index (χ2v) is 8.23. The molecule has 1 aromatic rings. The first-order valence-electron chi connectivity index (χ1n) is 7.82. The molecule has 3 N–H and O–H groups in total. The van der Waals surface area contributed by atoms with E-state index in [4.69, 9.17) is 19.3 Å². The Morgan fingerprint density at radius 3 is 2.62 bits per heavy atom. The Morgan fingerprint density at radius 1 is 1.23 bits per heavy atom. The molecule has 0 fully saturated rings. The van der Waals surface area contributed by atoms with Crippen molar-refractivity contribution in [1.82, 2.24) is 10.3 Å². The summed E-state index contributed by atoms with van der Waals surface area (Å²) in [5, 5.41) is 13.8. The quantitative estimate of drug-likeness (QED) is 0.607. The molecule has 0 radical (unpaired) electrons. The summed E-state index contributed by atoms with van der Waals surface area (Å²) >= 11 is 1.06. The van der Waals surface area contributed by atoms with Gasteiger partial charge < -0.3 is 19.5 Å². The Bertz CT molecular complexity index is 795. The number of hydrogen-bond donors (Lipinski definition) is 2. The predicted molar refractivity (Wildman–Crippen MR) is 99.5 cm³/mol. The van der Waals surface area contributed by atoms with E-state index in [0.717, 1.165) is 28.8 Å². The first-order chi connectivity index (χ1) is 12.5. The van der Waals surface area contributed by atoms with Gasteiger partial charge in [0.2, 0.25) is 4.38 Å². The third-order valence-electron chi connectivity index (χ3n) is 3.53. The maximum atomic E-state index is 11.3. The van der Waals surface area contributed by atoms with Gasteiger partial charge in [-0.15, -0.1) is 5.10 Å². The molecule has 26 heavy (non-hydrogen) atoms. The van der Waals surface area contributed by atoms with E-state index in [1.165, 1.54) is 0 Å². The molecule has 11 heteroatoms. The molecule has 1 unspecified atom stereocenters. The molecule has 0 saturated heterocycles. The van der Waals surface area contributed by atoms with Crippen molar-refractivity contribution in [3.8, 4) is 5.75 Å². The average Bonchev–Trinajstić information content (AvgIpc) is 3.17. The number of methoxy groups -OCH3 is 1. The van der Waals surface area contributed by atoms with E-state index in [9.17, 15) is 8.42 Å². The normalized spacial score (nSPS) is 19.0. The summed E-state index contributed by atoms with van der Waals surface area (Å²) in [6.45, 7) is 2.07. The van der Waals surface area contributed by atoms with E-state index in [1.54, 1.807) is 18.3 Å². The van der Waals surface area contributed by atoms with Gasteiger partial charge in [0.1, 0.15) is 12.4 Å². The van der Waals surface area contributed by atoms with E-state index in [0.29, 0.717) is 26.4 Å². The largest absolute Gasteiger partial charge is 0.491 e. The van der Waals surface area contributed by atoms with E-state index in [-0.39, 0.29) is 9.87 Å². The maximum absolute atomic E-state index is 11.3. The maximum Gasteiger partial charge on any atom is 0.263 e. The number of hydrogen-bond acceptors (Lipinski definition) is 9. The van der Waals surface area contributed by atoms with Crippen LogP contribution >= 0.6 is 11.8 Å². The number of hydrazone groups is 1. The molecule has 2 aliphatic rings. The Hall–Kier alpha value is -1.79. The van der Waals surface area contributed by atoms with Crippen LogP contribution < -0.4 is 15.2 Å². The fraction of sp³-hybridized carbons (Fsp3) is 0.400. The topological polar surface area (TPSA) is 115 Å². The predicted octanol–water partition coefficient (Wildman–Crippen LogP) is 0.522.